The third-order valence-electron chi connectivity index (χ3n) is 6.95. The molecule has 1 unspecified atom stereocenters. The van der Waals surface area contributed by atoms with Crippen molar-refractivity contribution < 1.29 is 22.4 Å². The number of halogens is 2. The molecule has 0 fully saturated rings. The number of sulfonamides is 1. The molecule has 0 saturated carbocycles. The van der Waals surface area contributed by atoms with Gasteiger partial charge in [-0.15, -0.1) is 0 Å². The molecule has 0 bridgehead atoms. The summed E-state index contributed by atoms with van der Waals surface area (Å²) in [5, 5.41) is 3.34. The van der Waals surface area contributed by atoms with Gasteiger partial charge in [-0.2, -0.15) is 0 Å². The van der Waals surface area contributed by atoms with Crippen LogP contribution < -0.4 is 9.62 Å². The second kappa shape index (κ2) is 15.0. The number of hydrogen-bond acceptors (Lipinski definition) is 4. The van der Waals surface area contributed by atoms with Crippen LogP contribution in [-0.2, 0) is 32.6 Å². The second-order valence-electron chi connectivity index (χ2n) is 10.8. The molecule has 230 valence electrons. The fourth-order valence-electron chi connectivity index (χ4n) is 4.62. The average Bonchev–Trinajstić information content (AvgIpc) is 3.02. The molecule has 2 amide bonds. The largest absolute Gasteiger partial charge is 0.354 e. The van der Waals surface area contributed by atoms with Gasteiger partial charge in [-0.05, 0) is 65.6 Å². The SMILES string of the molecule is CC(C)CNC(=O)C(Cc1ccccc1)N(Cc1ccc(F)cc1)C(=O)CN(c1ccc(Cl)cc1)S(=O)(=O)c1ccccc1. The first-order chi connectivity index (χ1) is 21.0. The third-order valence-corrected chi connectivity index (χ3v) is 8.99. The quantitative estimate of drug-likeness (QED) is 0.193. The molecule has 0 spiro atoms. The van der Waals surface area contributed by atoms with Crippen molar-refractivity contribution >= 4 is 39.1 Å². The van der Waals surface area contributed by atoms with Gasteiger partial charge in [-0.1, -0.05) is 86.1 Å². The van der Waals surface area contributed by atoms with Crippen LogP contribution in [0.15, 0.2) is 114 Å². The summed E-state index contributed by atoms with van der Waals surface area (Å²) in [4.78, 5) is 29.5. The molecule has 7 nitrogen and oxygen atoms in total. The minimum Gasteiger partial charge on any atom is -0.354 e. The lowest BCUT2D eigenvalue weighted by molar-refractivity contribution is -0.140. The van der Waals surface area contributed by atoms with Gasteiger partial charge in [-0.3, -0.25) is 13.9 Å². The molecule has 44 heavy (non-hydrogen) atoms. The first-order valence-corrected chi connectivity index (χ1v) is 16.1. The molecule has 0 aliphatic carbocycles. The van der Waals surface area contributed by atoms with Crippen LogP contribution in [0.3, 0.4) is 0 Å². The Bertz CT molecular complexity index is 1640. The molecular weight excluding hydrogens is 601 g/mol. The van der Waals surface area contributed by atoms with Crippen LogP contribution in [-0.4, -0.2) is 44.3 Å². The van der Waals surface area contributed by atoms with Crippen LogP contribution in [0.1, 0.15) is 25.0 Å². The van der Waals surface area contributed by atoms with E-state index in [1.807, 2.05) is 44.2 Å². The Morgan fingerprint density at radius 2 is 1.41 bits per heavy atom. The van der Waals surface area contributed by atoms with Crippen LogP contribution in [0.25, 0.3) is 0 Å². The van der Waals surface area contributed by atoms with E-state index in [0.717, 1.165) is 9.87 Å². The van der Waals surface area contributed by atoms with Gasteiger partial charge in [0.2, 0.25) is 11.8 Å². The molecule has 10 heteroatoms. The highest BCUT2D eigenvalue weighted by molar-refractivity contribution is 7.92. The minimum atomic E-state index is -4.21. The van der Waals surface area contributed by atoms with Crippen LogP contribution >= 0.6 is 11.6 Å². The van der Waals surface area contributed by atoms with Crippen molar-refractivity contribution in [2.24, 2.45) is 5.92 Å². The van der Waals surface area contributed by atoms with E-state index >= 15 is 0 Å². The Morgan fingerprint density at radius 3 is 2.00 bits per heavy atom. The molecule has 0 radical (unpaired) electrons. The van der Waals surface area contributed by atoms with E-state index in [0.29, 0.717) is 17.1 Å². The van der Waals surface area contributed by atoms with Gasteiger partial charge < -0.3 is 10.2 Å². The number of benzene rings is 4. The molecule has 1 N–H and O–H groups in total. The van der Waals surface area contributed by atoms with Gasteiger partial charge in [0.05, 0.1) is 10.6 Å². The minimum absolute atomic E-state index is 0.00310. The van der Waals surface area contributed by atoms with Crippen molar-refractivity contribution in [3.05, 3.63) is 131 Å². The van der Waals surface area contributed by atoms with Crippen molar-refractivity contribution in [2.45, 2.75) is 37.8 Å². The van der Waals surface area contributed by atoms with E-state index in [9.17, 15) is 22.4 Å². The van der Waals surface area contributed by atoms with Crippen molar-refractivity contribution in [3.63, 3.8) is 0 Å². The van der Waals surface area contributed by atoms with Gasteiger partial charge in [-0.25, -0.2) is 12.8 Å². The Morgan fingerprint density at radius 1 is 0.818 bits per heavy atom. The molecule has 4 aromatic rings. The smallest absolute Gasteiger partial charge is 0.264 e. The average molecular weight is 636 g/mol. The predicted molar refractivity (Wildman–Crippen MR) is 171 cm³/mol. The lowest BCUT2D eigenvalue weighted by Gasteiger charge is -2.34. The summed E-state index contributed by atoms with van der Waals surface area (Å²) in [6.07, 6.45) is 0.185. The predicted octanol–water partition coefficient (Wildman–Crippen LogP) is 6.09. The molecule has 0 aromatic heterocycles. The van der Waals surface area contributed by atoms with Crippen molar-refractivity contribution in [3.8, 4) is 0 Å². The van der Waals surface area contributed by atoms with Gasteiger partial charge in [0.15, 0.2) is 0 Å². The maximum Gasteiger partial charge on any atom is 0.264 e. The molecule has 0 heterocycles. The second-order valence-corrected chi connectivity index (χ2v) is 13.1. The summed E-state index contributed by atoms with van der Waals surface area (Å²) in [5.74, 6) is -1.26. The Balaban J connectivity index is 1.78. The summed E-state index contributed by atoms with van der Waals surface area (Å²) < 4.78 is 42.7. The van der Waals surface area contributed by atoms with Crippen LogP contribution in [0, 0.1) is 11.7 Å². The number of carbonyl (C=O) groups is 2. The highest BCUT2D eigenvalue weighted by atomic mass is 35.5. The summed E-state index contributed by atoms with van der Waals surface area (Å²) >= 11 is 6.10. The fourth-order valence-corrected chi connectivity index (χ4v) is 6.18. The normalized spacial score (nSPS) is 12.0. The summed E-state index contributed by atoms with van der Waals surface area (Å²) in [5.41, 5.74) is 1.64. The number of nitrogens with zero attached hydrogens (tertiary/aromatic N) is 2. The number of amides is 2. The van der Waals surface area contributed by atoms with E-state index < -0.39 is 34.3 Å². The lowest BCUT2D eigenvalue weighted by Crippen LogP contribution is -2.53. The van der Waals surface area contributed by atoms with E-state index in [1.165, 1.54) is 41.3 Å². The zero-order valence-electron chi connectivity index (χ0n) is 24.6. The maximum atomic E-state index is 14.4. The van der Waals surface area contributed by atoms with Crippen molar-refractivity contribution in [1.82, 2.24) is 10.2 Å². The van der Waals surface area contributed by atoms with E-state index in [4.69, 9.17) is 11.6 Å². The van der Waals surface area contributed by atoms with Gasteiger partial charge >= 0.3 is 0 Å². The molecule has 0 aliphatic rings. The Kier molecular flexibility index (Phi) is 11.1. The first kappa shape index (κ1) is 32.7. The number of carbonyl (C=O) groups excluding carboxylic acids is 2. The lowest BCUT2D eigenvalue weighted by atomic mass is 10.0. The Hall–Kier alpha value is -4.21. The summed E-state index contributed by atoms with van der Waals surface area (Å²) in [6.45, 7) is 3.68. The van der Waals surface area contributed by atoms with Gasteiger partial charge in [0, 0.05) is 24.5 Å². The number of rotatable bonds is 13. The van der Waals surface area contributed by atoms with Crippen LogP contribution in [0.5, 0.6) is 0 Å². The van der Waals surface area contributed by atoms with E-state index in [1.54, 1.807) is 42.5 Å². The van der Waals surface area contributed by atoms with E-state index in [2.05, 4.69) is 5.32 Å². The summed E-state index contributed by atoms with van der Waals surface area (Å²) in [7, 11) is -4.21. The number of anilines is 1. The van der Waals surface area contributed by atoms with Crippen molar-refractivity contribution in [1.29, 1.82) is 0 Å². The topological polar surface area (TPSA) is 86.8 Å². The highest BCUT2D eigenvalue weighted by Gasteiger charge is 2.34. The maximum absolute atomic E-state index is 14.4. The standard InChI is InChI=1S/C34H35ClFN3O4S/c1-25(2)22-37-34(41)32(21-26-9-5-3-6-10-26)38(23-27-13-17-29(36)18-14-27)33(40)24-39(30-19-15-28(35)16-20-30)44(42,43)31-11-7-4-8-12-31/h3-20,25,32H,21-24H2,1-2H3,(H,37,41). The summed E-state index contributed by atoms with van der Waals surface area (Å²) in [6, 6.07) is 27.9. The molecule has 0 aliphatic heterocycles. The van der Waals surface area contributed by atoms with Gasteiger partial charge in [0.1, 0.15) is 18.4 Å². The number of nitrogens with one attached hydrogen (secondary N) is 1. The first-order valence-electron chi connectivity index (χ1n) is 14.2. The molecular formula is C34H35ClFN3O4S. The monoisotopic (exact) mass is 635 g/mol. The van der Waals surface area contributed by atoms with E-state index in [-0.39, 0.29) is 35.4 Å². The Labute approximate surface area is 263 Å². The zero-order chi connectivity index (χ0) is 31.7. The van der Waals surface area contributed by atoms with Crippen LogP contribution in [0.2, 0.25) is 5.02 Å². The molecule has 4 rings (SSSR count). The third kappa shape index (κ3) is 8.67. The fraction of sp³-hybridized carbons (Fsp3) is 0.235. The van der Waals surface area contributed by atoms with Crippen molar-refractivity contribution in [2.75, 3.05) is 17.4 Å². The highest BCUT2D eigenvalue weighted by Crippen LogP contribution is 2.26. The molecule has 4 aromatic carbocycles. The van der Waals surface area contributed by atoms with Gasteiger partial charge in [0.25, 0.3) is 10.0 Å². The van der Waals surface area contributed by atoms with Crippen LogP contribution in [0.4, 0.5) is 10.1 Å². The molecule has 1 atom stereocenters. The molecule has 0 saturated heterocycles. The number of hydrogen-bond donors (Lipinski definition) is 1. The zero-order valence-corrected chi connectivity index (χ0v) is 26.1.